The van der Waals surface area contributed by atoms with Crippen molar-refractivity contribution in [2.75, 3.05) is 26.3 Å². The maximum atomic E-state index is 12.3. The van der Waals surface area contributed by atoms with Crippen LogP contribution < -0.4 is 5.73 Å². The van der Waals surface area contributed by atoms with Gasteiger partial charge < -0.3 is 20.5 Å². The minimum Gasteiger partial charge on any atom is -0.481 e. The van der Waals surface area contributed by atoms with Crippen LogP contribution in [0.2, 0.25) is 0 Å². The minimum atomic E-state index is -0.898. The number of carbonyl (C=O) groups excluding carboxylic acids is 1. The van der Waals surface area contributed by atoms with Crippen molar-refractivity contribution in [3.63, 3.8) is 0 Å². The molecule has 102 valence electrons. The van der Waals surface area contributed by atoms with Crippen molar-refractivity contribution >= 4 is 11.9 Å². The molecule has 0 aromatic heterocycles. The van der Waals surface area contributed by atoms with Gasteiger partial charge in [0, 0.05) is 26.1 Å². The average molecular weight is 256 g/mol. The van der Waals surface area contributed by atoms with E-state index in [0.717, 1.165) is 12.8 Å². The molecule has 6 nitrogen and oxygen atoms in total. The molecule has 0 aliphatic carbocycles. The summed E-state index contributed by atoms with van der Waals surface area (Å²) < 4.78 is 5.20. The van der Waals surface area contributed by atoms with Crippen LogP contribution in [0.15, 0.2) is 0 Å². The predicted octanol–water partition coefficient (Wildman–Crippen LogP) is -0.182. The summed E-state index contributed by atoms with van der Waals surface area (Å²) in [4.78, 5) is 24.8. The molecule has 2 unspecified atom stereocenters. The number of hydrogen-bond acceptors (Lipinski definition) is 4. The molecule has 3 N–H and O–H groups in total. The molecule has 0 spiro atoms. The summed E-state index contributed by atoms with van der Waals surface area (Å²) in [6.45, 7) is 1.97. The SMILES string of the molecule is NC1(C(=O)N2CCCC(CC(=O)O)C2)CCOC1. The molecule has 6 heteroatoms. The highest BCUT2D eigenvalue weighted by molar-refractivity contribution is 5.86. The summed E-state index contributed by atoms with van der Waals surface area (Å²) in [6, 6.07) is 0. The van der Waals surface area contributed by atoms with Crippen molar-refractivity contribution in [3.8, 4) is 0 Å². The Morgan fingerprint density at radius 2 is 2.28 bits per heavy atom. The Kier molecular flexibility index (Phi) is 3.87. The van der Waals surface area contributed by atoms with Crippen LogP contribution in [0.4, 0.5) is 0 Å². The van der Waals surface area contributed by atoms with Crippen molar-refractivity contribution in [2.45, 2.75) is 31.2 Å². The van der Waals surface area contributed by atoms with Crippen molar-refractivity contribution < 1.29 is 19.4 Å². The number of aliphatic carboxylic acids is 1. The third kappa shape index (κ3) is 2.81. The molecule has 18 heavy (non-hydrogen) atoms. The molecular weight excluding hydrogens is 236 g/mol. The molecule has 2 fully saturated rings. The molecule has 2 aliphatic rings. The normalized spacial score (nSPS) is 32.5. The number of amides is 1. The fraction of sp³-hybridized carbons (Fsp3) is 0.833. The molecule has 0 radical (unpaired) electrons. The van der Waals surface area contributed by atoms with Crippen LogP contribution >= 0.6 is 0 Å². The van der Waals surface area contributed by atoms with Gasteiger partial charge in [-0.15, -0.1) is 0 Å². The first-order chi connectivity index (χ1) is 8.51. The molecule has 0 aromatic rings. The Balaban J connectivity index is 1.95. The lowest BCUT2D eigenvalue weighted by atomic mass is 9.91. The van der Waals surface area contributed by atoms with Gasteiger partial charge >= 0.3 is 5.97 Å². The summed E-state index contributed by atoms with van der Waals surface area (Å²) in [7, 11) is 0. The van der Waals surface area contributed by atoms with E-state index in [1.54, 1.807) is 4.90 Å². The van der Waals surface area contributed by atoms with Gasteiger partial charge in [0.2, 0.25) is 5.91 Å². The highest BCUT2D eigenvalue weighted by Gasteiger charge is 2.42. The number of rotatable bonds is 3. The van der Waals surface area contributed by atoms with Gasteiger partial charge in [-0.25, -0.2) is 0 Å². The van der Waals surface area contributed by atoms with Crippen molar-refractivity contribution in [1.82, 2.24) is 4.90 Å². The van der Waals surface area contributed by atoms with E-state index in [-0.39, 0.29) is 24.9 Å². The molecule has 2 saturated heterocycles. The number of carboxylic acid groups (broad SMARTS) is 1. The smallest absolute Gasteiger partial charge is 0.303 e. The molecular formula is C12H20N2O4. The summed E-state index contributed by atoms with van der Waals surface area (Å²) in [6.07, 6.45) is 2.38. The highest BCUT2D eigenvalue weighted by Crippen LogP contribution is 2.24. The van der Waals surface area contributed by atoms with Gasteiger partial charge in [0.1, 0.15) is 5.54 Å². The van der Waals surface area contributed by atoms with Gasteiger partial charge in [-0.1, -0.05) is 0 Å². The van der Waals surface area contributed by atoms with Crippen LogP contribution in [0, 0.1) is 5.92 Å². The lowest BCUT2D eigenvalue weighted by Crippen LogP contribution is -2.57. The predicted molar refractivity (Wildman–Crippen MR) is 63.9 cm³/mol. The molecule has 2 rings (SSSR count). The molecule has 1 amide bonds. The minimum absolute atomic E-state index is 0.0473. The molecule has 2 atom stereocenters. The van der Waals surface area contributed by atoms with E-state index in [2.05, 4.69) is 0 Å². The van der Waals surface area contributed by atoms with E-state index in [0.29, 0.717) is 26.1 Å². The van der Waals surface area contributed by atoms with Gasteiger partial charge in [0.05, 0.1) is 6.61 Å². The fourth-order valence-corrected chi connectivity index (χ4v) is 2.73. The first kappa shape index (κ1) is 13.3. The van der Waals surface area contributed by atoms with Crippen molar-refractivity contribution in [2.24, 2.45) is 11.7 Å². The second kappa shape index (κ2) is 5.24. The van der Waals surface area contributed by atoms with Gasteiger partial charge in [-0.2, -0.15) is 0 Å². The fourth-order valence-electron chi connectivity index (χ4n) is 2.73. The Morgan fingerprint density at radius 1 is 1.50 bits per heavy atom. The topological polar surface area (TPSA) is 92.9 Å². The van der Waals surface area contributed by atoms with Gasteiger partial charge in [-0.05, 0) is 25.2 Å². The summed E-state index contributed by atoms with van der Waals surface area (Å²) in [5.74, 6) is -0.845. The van der Waals surface area contributed by atoms with E-state index in [1.807, 2.05) is 0 Å². The zero-order valence-corrected chi connectivity index (χ0v) is 10.4. The van der Waals surface area contributed by atoms with Crippen LogP contribution in [-0.2, 0) is 14.3 Å². The zero-order chi connectivity index (χ0) is 13.2. The Bertz CT molecular complexity index is 339. The van der Waals surface area contributed by atoms with Gasteiger partial charge in [0.25, 0.3) is 0 Å². The van der Waals surface area contributed by atoms with E-state index >= 15 is 0 Å². The van der Waals surface area contributed by atoms with Gasteiger partial charge in [0.15, 0.2) is 0 Å². The maximum Gasteiger partial charge on any atom is 0.303 e. The number of nitrogens with two attached hydrogens (primary N) is 1. The monoisotopic (exact) mass is 256 g/mol. The number of carboxylic acids is 1. The number of ether oxygens (including phenoxy) is 1. The van der Waals surface area contributed by atoms with E-state index < -0.39 is 11.5 Å². The third-order valence-electron chi connectivity index (χ3n) is 3.75. The first-order valence-electron chi connectivity index (χ1n) is 6.39. The quantitative estimate of drug-likeness (QED) is 0.730. The summed E-state index contributed by atoms with van der Waals surface area (Å²) in [5.41, 5.74) is 5.15. The highest BCUT2D eigenvalue weighted by atomic mass is 16.5. The molecule has 2 aliphatic heterocycles. The van der Waals surface area contributed by atoms with E-state index in [4.69, 9.17) is 15.6 Å². The lowest BCUT2D eigenvalue weighted by Gasteiger charge is -2.36. The van der Waals surface area contributed by atoms with Crippen LogP contribution in [0.3, 0.4) is 0 Å². The van der Waals surface area contributed by atoms with E-state index in [1.165, 1.54) is 0 Å². The van der Waals surface area contributed by atoms with Crippen LogP contribution in [-0.4, -0.2) is 53.7 Å². The number of piperidine rings is 1. The van der Waals surface area contributed by atoms with Crippen LogP contribution in [0.25, 0.3) is 0 Å². The summed E-state index contributed by atoms with van der Waals surface area (Å²) in [5, 5.41) is 8.80. The second-order valence-corrected chi connectivity index (χ2v) is 5.32. The van der Waals surface area contributed by atoms with Crippen molar-refractivity contribution in [1.29, 1.82) is 0 Å². The van der Waals surface area contributed by atoms with Crippen molar-refractivity contribution in [3.05, 3.63) is 0 Å². The lowest BCUT2D eigenvalue weighted by molar-refractivity contribution is -0.142. The average Bonchev–Trinajstić information content (AvgIpc) is 2.76. The number of nitrogens with zero attached hydrogens (tertiary/aromatic N) is 1. The number of likely N-dealkylation sites (tertiary alicyclic amines) is 1. The molecule has 0 bridgehead atoms. The molecule has 0 aromatic carbocycles. The van der Waals surface area contributed by atoms with Crippen LogP contribution in [0.5, 0.6) is 0 Å². The second-order valence-electron chi connectivity index (χ2n) is 5.32. The maximum absolute atomic E-state index is 12.3. The van der Waals surface area contributed by atoms with E-state index in [9.17, 15) is 9.59 Å². The molecule has 2 heterocycles. The Hall–Kier alpha value is -1.14. The largest absolute Gasteiger partial charge is 0.481 e. The number of hydrogen-bond donors (Lipinski definition) is 2. The van der Waals surface area contributed by atoms with Crippen LogP contribution in [0.1, 0.15) is 25.7 Å². The Morgan fingerprint density at radius 3 is 2.89 bits per heavy atom. The first-order valence-corrected chi connectivity index (χ1v) is 6.39. The van der Waals surface area contributed by atoms with Gasteiger partial charge in [-0.3, -0.25) is 9.59 Å². The summed E-state index contributed by atoms with van der Waals surface area (Å²) >= 11 is 0. The standard InChI is InChI=1S/C12H20N2O4/c13-12(3-5-18-8-12)11(17)14-4-1-2-9(7-14)6-10(15)16/h9H,1-8,13H2,(H,15,16). The molecule has 0 saturated carbocycles. The number of carbonyl (C=O) groups is 2. The third-order valence-corrected chi connectivity index (χ3v) is 3.75. The Labute approximate surface area is 106 Å². The zero-order valence-electron chi connectivity index (χ0n) is 10.4.